The first kappa shape index (κ1) is 14.7. The van der Waals surface area contributed by atoms with E-state index in [9.17, 15) is 4.79 Å². The zero-order valence-corrected chi connectivity index (χ0v) is 12.7. The monoisotopic (exact) mass is 299 g/mol. The number of nitrogens with zero attached hydrogens (tertiary/aromatic N) is 3. The fourth-order valence-electron chi connectivity index (χ4n) is 3.04. The summed E-state index contributed by atoms with van der Waals surface area (Å²) in [6, 6.07) is 7.76. The van der Waals surface area contributed by atoms with E-state index in [1.54, 1.807) is 6.07 Å². The van der Waals surface area contributed by atoms with Crippen molar-refractivity contribution >= 4 is 5.91 Å². The first-order chi connectivity index (χ1) is 10.6. The van der Waals surface area contributed by atoms with Crippen LogP contribution in [0.4, 0.5) is 0 Å². The molecule has 1 aliphatic rings. The van der Waals surface area contributed by atoms with E-state index >= 15 is 0 Å². The molecule has 0 saturated carbocycles. The van der Waals surface area contributed by atoms with Crippen LogP contribution in [0.15, 0.2) is 24.3 Å². The van der Waals surface area contributed by atoms with Gasteiger partial charge in [-0.15, -0.1) is 0 Å². The second kappa shape index (κ2) is 6.27. The van der Waals surface area contributed by atoms with E-state index in [0.717, 1.165) is 36.7 Å². The normalized spacial score (nSPS) is 19.2. The van der Waals surface area contributed by atoms with E-state index in [2.05, 4.69) is 20.1 Å². The number of H-pyrrole nitrogens is 1. The Morgan fingerprint density at radius 2 is 2.32 bits per heavy atom. The van der Waals surface area contributed by atoms with Crippen molar-refractivity contribution in [3.05, 3.63) is 47.0 Å². The number of nitrogens with two attached hydrogens (primary N) is 1. The molecule has 1 aliphatic heterocycles. The largest absolute Gasteiger partial charge is 0.366 e. The highest BCUT2D eigenvalue weighted by Crippen LogP contribution is 2.30. The lowest BCUT2D eigenvalue weighted by atomic mass is 10.00. The van der Waals surface area contributed by atoms with Gasteiger partial charge in [-0.2, -0.15) is 5.10 Å². The number of hydrogen-bond donors (Lipinski definition) is 2. The maximum atomic E-state index is 11.3. The number of rotatable bonds is 4. The Bertz CT molecular complexity index is 666. The van der Waals surface area contributed by atoms with Gasteiger partial charge in [0.25, 0.3) is 0 Å². The smallest absolute Gasteiger partial charge is 0.248 e. The number of likely N-dealkylation sites (tertiary alicyclic amines) is 1. The summed E-state index contributed by atoms with van der Waals surface area (Å²) in [5.41, 5.74) is 7.01. The van der Waals surface area contributed by atoms with Gasteiger partial charge in [0.15, 0.2) is 5.82 Å². The van der Waals surface area contributed by atoms with Crippen LogP contribution >= 0.6 is 0 Å². The van der Waals surface area contributed by atoms with Crippen LogP contribution in [-0.2, 0) is 6.54 Å². The zero-order valence-electron chi connectivity index (χ0n) is 12.7. The molecule has 2 heterocycles. The van der Waals surface area contributed by atoms with Crippen LogP contribution in [0.25, 0.3) is 0 Å². The number of hydrogen-bond acceptors (Lipinski definition) is 4. The first-order valence-corrected chi connectivity index (χ1v) is 7.65. The van der Waals surface area contributed by atoms with Gasteiger partial charge >= 0.3 is 0 Å². The number of carbonyl (C=O) groups is 1. The molecule has 1 fully saturated rings. The van der Waals surface area contributed by atoms with Crippen LogP contribution in [0.1, 0.15) is 52.9 Å². The summed E-state index contributed by atoms with van der Waals surface area (Å²) in [7, 11) is 0. The van der Waals surface area contributed by atoms with Crippen LogP contribution in [0.3, 0.4) is 0 Å². The summed E-state index contributed by atoms with van der Waals surface area (Å²) in [6.45, 7) is 3.71. The van der Waals surface area contributed by atoms with Gasteiger partial charge < -0.3 is 5.73 Å². The van der Waals surface area contributed by atoms with Gasteiger partial charge in [0.2, 0.25) is 5.91 Å². The fourth-order valence-corrected chi connectivity index (χ4v) is 3.04. The van der Waals surface area contributed by atoms with E-state index in [-0.39, 0.29) is 11.9 Å². The summed E-state index contributed by atoms with van der Waals surface area (Å²) < 4.78 is 0. The molecule has 1 unspecified atom stereocenters. The van der Waals surface area contributed by atoms with Crippen LogP contribution < -0.4 is 5.73 Å². The standard InChI is InChI=1S/C16H21N5O/c1-11-18-16(20-19-11)14-7-2-3-8-21(14)10-12-5-4-6-13(9-12)15(17)22/h4-6,9,14H,2-3,7-8,10H2,1H3,(H2,17,22)(H,18,19,20). The van der Waals surface area contributed by atoms with Crippen molar-refractivity contribution in [1.29, 1.82) is 0 Å². The van der Waals surface area contributed by atoms with Crippen molar-refractivity contribution in [2.75, 3.05) is 6.54 Å². The van der Waals surface area contributed by atoms with E-state index in [1.165, 1.54) is 12.8 Å². The van der Waals surface area contributed by atoms with Crippen LogP contribution in [0, 0.1) is 6.92 Å². The van der Waals surface area contributed by atoms with Crippen molar-refractivity contribution in [3.63, 3.8) is 0 Å². The molecule has 0 aliphatic carbocycles. The summed E-state index contributed by atoms with van der Waals surface area (Å²) in [4.78, 5) is 18.2. The van der Waals surface area contributed by atoms with Gasteiger partial charge in [0.05, 0.1) is 6.04 Å². The van der Waals surface area contributed by atoms with E-state index in [4.69, 9.17) is 5.73 Å². The topological polar surface area (TPSA) is 87.9 Å². The van der Waals surface area contributed by atoms with Crippen molar-refractivity contribution in [2.45, 2.75) is 38.8 Å². The van der Waals surface area contributed by atoms with Gasteiger partial charge in [0.1, 0.15) is 5.82 Å². The maximum Gasteiger partial charge on any atom is 0.248 e. The number of aryl methyl sites for hydroxylation is 1. The molecule has 2 aromatic rings. The fraction of sp³-hybridized carbons (Fsp3) is 0.438. The average Bonchev–Trinajstić information content (AvgIpc) is 2.94. The lowest BCUT2D eigenvalue weighted by molar-refractivity contribution is 0.0999. The van der Waals surface area contributed by atoms with E-state index < -0.39 is 0 Å². The summed E-state index contributed by atoms with van der Waals surface area (Å²) in [5.74, 6) is 1.32. The molecule has 1 saturated heterocycles. The number of amides is 1. The predicted octanol–water partition coefficient (Wildman–Crippen LogP) is 1.94. The Labute approximate surface area is 129 Å². The predicted molar refractivity (Wildman–Crippen MR) is 83.1 cm³/mol. The Kier molecular flexibility index (Phi) is 4.20. The highest BCUT2D eigenvalue weighted by Gasteiger charge is 2.27. The van der Waals surface area contributed by atoms with Crippen LogP contribution in [0.2, 0.25) is 0 Å². The highest BCUT2D eigenvalue weighted by atomic mass is 16.1. The minimum absolute atomic E-state index is 0.232. The summed E-state index contributed by atoms with van der Waals surface area (Å²) >= 11 is 0. The van der Waals surface area contributed by atoms with Crippen molar-refractivity contribution in [3.8, 4) is 0 Å². The molecule has 0 radical (unpaired) electrons. The average molecular weight is 299 g/mol. The first-order valence-electron chi connectivity index (χ1n) is 7.65. The molecule has 0 spiro atoms. The second-order valence-corrected chi connectivity index (χ2v) is 5.83. The van der Waals surface area contributed by atoms with Crippen molar-refractivity contribution < 1.29 is 4.79 Å². The SMILES string of the molecule is Cc1nc(C2CCCCN2Cc2cccc(C(N)=O)c2)n[nH]1. The molecule has 22 heavy (non-hydrogen) atoms. The van der Waals surface area contributed by atoms with E-state index in [1.807, 2.05) is 25.1 Å². The third-order valence-electron chi connectivity index (χ3n) is 4.12. The number of carbonyl (C=O) groups excluding carboxylic acids is 1. The molecule has 1 aromatic carbocycles. The van der Waals surface area contributed by atoms with Crippen molar-refractivity contribution in [2.24, 2.45) is 5.73 Å². The number of primary amides is 1. The van der Waals surface area contributed by atoms with Gasteiger partial charge in [-0.1, -0.05) is 18.6 Å². The highest BCUT2D eigenvalue weighted by molar-refractivity contribution is 5.92. The summed E-state index contributed by atoms with van der Waals surface area (Å²) in [6.07, 6.45) is 3.43. The molecule has 0 bridgehead atoms. The second-order valence-electron chi connectivity index (χ2n) is 5.83. The number of benzene rings is 1. The minimum atomic E-state index is -0.387. The van der Waals surface area contributed by atoms with Gasteiger partial charge in [-0.3, -0.25) is 14.8 Å². The number of piperidine rings is 1. The molecule has 3 rings (SSSR count). The molecule has 1 atom stereocenters. The quantitative estimate of drug-likeness (QED) is 0.903. The Hall–Kier alpha value is -2.21. The van der Waals surface area contributed by atoms with Gasteiger partial charge in [0, 0.05) is 12.1 Å². The molecule has 1 amide bonds. The van der Waals surface area contributed by atoms with Crippen LogP contribution in [-0.4, -0.2) is 32.5 Å². The lowest BCUT2D eigenvalue weighted by Crippen LogP contribution is -2.33. The lowest BCUT2D eigenvalue weighted by Gasteiger charge is -2.34. The Morgan fingerprint density at radius 3 is 3.05 bits per heavy atom. The molecule has 6 nitrogen and oxygen atoms in total. The van der Waals surface area contributed by atoms with E-state index in [0.29, 0.717) is 5.56 Å². The molecular weight excluding hydrogens is 278 g/mol. The van der Waals surface area contributed by atoms with Crippen LogP contribution in [0.5, 0.6) is 0 Å². The molecule has 116 valence electrons. The maximum absolute atomic E-state index is 11.3. The number of aromatic nitrogens is 3. The molecule has 6 heteroatoms. The summed E-state index contributed by atoms with van der Waals surface area (Å²) in [5, 5.41) is 7.25. The minimum Gasteiger partial charge on any atom is -0.366 e. The zero-order chi connectivity index (χ0) is 15.5. The van der Waals surface area contributed by atoms with Gasteiger partial charge in [-0.25, -0.2) is 4.98 Å². The van der Waals surface area contributed by atoms with Crippen molar-refractivity contribution in [1.82, 2.24) is 20.1 Å². The number of nitrogens with one attached hydrogen (secondary N) is 1. The number of aromatic amines is 1. The Morgan fingerprint density at radius 1 is 1.45 bits per heavy atom. The Balaban J connectivity index is 1.79. The third kappa shape index (κ3) is 3.17. The molecule has 1 aromatic heterocycles. The molecular formula is C16H21N5O. The third-order valence-corrected chi connectivity index (χ3v) is 4.12. The van der Waals surface area contributed by atoms with Gasteiger partial charge in [-0.05, 0) is 44.0 Å². The molecule has 3 N–H and O–H groups in total.